The summed E-state index contributed by atoms with van der Waals surface area (Å²) in [4.78, 5) is 12.8. The summed E-state index contributed by atoms with van der Waals surface area (Å²) < 4.78 is 12.5. The summed E-state index contributed by atoms with van der Waals surface area (Å²) in [5.74, 6) is 0.145. The van der Waals surface area contributed by atoms with E-state index in [1.807, 2.05) is 53.4 Å². The highest BCUT2D eigenvalue weighted by Crippen LogP contribution is 2.31. The molecule has 1 amide bonds. The second-order valence-electron chi connectivity index (χ2n) is 5.64. The minimum Gasteiger partial charge on any atom is -0.496 e. The molecule has 0 aliphatic heterocycles. The summed E-state index contributed by atoms with van der Waals surface area (Å²) in [5.41, 5.74) is 2.68. The SMILES string of the molecule is COCc1ccccc1NC(=O)c1cc(Cl)c(-n2cccc2)cc1OC. The maximum atomic E-state index is 12.8. The first-order chi connectivity index (χ1) is 12.6. The second-order valence-corrected chi connectivity index (χ2v) is 6.05. The van der Waals surface area contributed by atoms with E-state index < -0.39 is 0 Å². The summed E-state index contributed by atoms with van der Waals surface area (Å²) in [6.07, 6.45) is 3.75. The number of benzene rings is 2. The van der Waals surface area contributed by atoms with Crippen LogP contribution in [0.4, 0.5) is 5.69 Å². The zero-order valence-corrected chi connectivity index (χ0v) is 15.3. The van der Waals surface area contributed by atoms with Crippen molar-refractivity contribution >= 4 is 23.2 Å². The van der Waals surface area contributed by atoms with Crippen LogP contribution in [0.2, 0.25) is 5.02 Å². The first-order valence-electron chi connectivity index (χ1n) is 8.03. The fraction of sp³-hybridized carbons (Fsp3) is 0.150. The van der Waals surface area contributed by atoms with Crippen LogP contribution in [-0.4, -0.2) is 24.7 Å². The van der Waals surface area contributed by atoms with E-state index in [4.69, 9.17) is 21.1 Å². The number of nitrogens with one attached hydrogen (secondary N) is 1. The molecule has 0 atom stereocenters. The predicted octanol–water partition coefficient (Wildman–Crippen LogP) is 4.54. The third kappa shape index (κ3) is 3.74. The summed E-state index contributed by atoms with van der Waals surface area (Å²) in [6, 6.07) is 14.6. The van der Waals surface area contributed by atoms with Gasteiger partial charge in [-0.2, -0.15) is 0 Å². The first-order valence-corrected chi connectivity index (χ1v) is 8.41. The van der Waals surface area contributed by atoms with Gasteiger partial charge in [0, 0.05) is 36.8 Å². The van der Waals surface area contributed by atoms with Crippen LogP contribution in [0, 0.1) is 0 Å². The van der Waals surface area contributed by atoms with E-state index in [-0.39, 0.29) is 5.91 Å². The summed E-state index contributed by atoms with van der Waals surface area (Å²) in [7, 11) is 3.14. The van der Waals surface area contributed by atoms with Gasteiger partial charge in [0.05, 0.1) is 30.0 Å². The molecule has 3 aromatic rings. The van der Waals surface area contributed by atoms with Crippen LogP contribution in [0.1, 0.15) is 15.9 Å². The van der Waals surface area contributed by atoms with Crippen molar-refractivity contribution in [2.75, 3.05) is 19.5 Å². The minimum absolute atomic E-state index is 0.300. The lowest BCUT2D eigenvalue weighted by Crippen LogP contribution is -2.15. The molecule has 134 valence electrons. The number of hydrogen-bond donors (Lipinski definition) is 1. The maximum absolute atomic E-state index is 12.8. The largest absolute Gasteiger partial charge is 0.496 e. The molecule has 0 aliphatic rings. The molecular formula is C20H19ClN2O3. The number of halogens is 1. The van der Waals surface area contributed by atoms with Crippen LogP contribution in [-0.2, 0) is 11.3 Å². The van der Waals surface area contributed by atoms with Gasteiger partial charge in [-0.3, -0.25) is 4.79 Å². The standard InChI is InChI=1S/C20H19ClN2O3/c1-25-13-14-7-3-4-8-17(14)22-20(24)15-11-16(21)18(12-19(15)26-2)23-9-5-6-10-23/h3-12H,13H2,1-2H3,(H,22,24). The van der Waals surface area contributed by atoms with Crippen LogP contribution >= 0.6 is 11.6 Å². The van der Waals surface area contributed by atoms with Crippen molar-refractivity contribution in [1.29, 1.82) is 0 Å². The van der Waals surface area contributed by atoms with E-state index in [0.717, 1.165) is 11.3 Å². The number of methoxy groups -OCH3 is 2. The Kier molecular flexibility index (Phi) is 5.61. The fourth-order valence-corrected chi connectivity index (χ4v) is 2.96. The molecule has 0 saturated carbocycles. The monoisotopic (exact) mass is 370 g/mol. The van der Waals surface area contributed by atoms with Gasteiger partial charge in [0.25, 0.3) is 5.91 Å². The average molecular weight is 371 g/mol. The van der Waals surface area contributed by atoms with Crippen molar-refractivity contribution in [3.63, 3.8) is 0 Å². The summed E-state index contributed by atoms with van der Waals surface area (Å²) >= 11 is 6.40. The van der Waals surface area contributed by atoms with E-state index in [0.29, 0.717) is 28.6 Å². The highest BCUT2D eigenvalue weighted by molar-refractivity contribution is 6.33. The third-order valence-electron chi connectivity index (χ3n) is 3.96. The van der Waals surface area contributed by atoms with Gasteiger partial charge in [-0.05, 0) is 24.3 Å². The number of nitrogens with zero attached hydrogens (tertiary/aromatic N) is 1. The molecule has 1 aromatic heterocycles. The molecule has 0 aliphatic carbocycles. The van der Waals surface area contributed by atoms with E-state index in [2.05, 4.69) is 5.32 Å². The van der Waals surface area contributed by atoms with Crippen molar-refractivity contribution in [2.24, 2.45) is 0 Å². The third-order valence-corrected chi connectivity index (χ3v) is 4.26. The Balaban J connectivity index is 1.94. The topological polar surface area (TPSA) is 52.5 Å². The molecule has 2 aromatic carbocycles. The van der Waals surface area contributed by atoms with Crippen molar-refractivity contribution in [1.82, 2.24) is 4.57 Å². The van der Waals surface area contributed by atoms with Gasteiger partial charge >= 0.3 is 0 Å². The molecule has 0 unspecified atom stereocenters. The van der Waals surface area contributed by atoms with Gasteiger partial charge in [-0.1, -0.05) is 29.8 Å². The van der Waals surface area contributed by atoms with Crippen molar-refractivity contribution < 1.29 is 14.3 Å². The molecule has 6 heteroatoms. The zero-order chi connectivity index (χ0) is 18.5. The molecule has 0 saturated heterocycles. The maximum Gasteiger partial charge on any atom is 0.259 e. The normalized spacial score (nSPS) is 10.6. The quantitative estimate of drug-likeness (QED) is 0.693. The van der Waals surface area contributed by atoms with Gasteiger partial charge in [0.1, 0.15) is 5.75 Å². The summed E-state index contributed by atoms with van der Waals surface area (Å²) in [6.45, 7) is 0.404. The van der Waals surface area contributed by atoms with Gasteiger partial charge < -0.3 is 19.4 Å². The Morgan fingerprint density at radius 3 is 2.54 bits per heavy atom. The van der Waals surface area contributed by atoms with Crippen LogP contribution in [0.3, 0.4) is 0 Å². The predicted molar refractivity (Wildman–Crippen MR) is 102 cm³/mol. The number of carbonyl (C=O) groups excluding carboxylic acids is 1. The van der Waals surface area contributed by atoms with Crippen LogP contribution in [0.25, 0.3) is 5.69 Å². The van der Waals surface area contributed by atoms with Gasteiger partial charge in [0.15, 0.2) is 0 Å². The molecule has 3 rings (SSSR count). The van der Waals surface area contributed by atoms with Crippen molar-refractivity contribution in [2.45, 2.75) is 6.61 Å². The molecule has 0 radical (unpaired) electrons. The molecule has 1 heterocycles. The van der Waals surface area contributed by atoms with Crippen LogP contribution in [0.5, 0.6) is 5.75 Å². The smallest absolute Gasteiger partial charge is 0.259 e. The number of hydrogen-bond acceptors (Lipinski definition) is 3. The molecule has 0 spiro atoms. The fourth-order valence-electron chi connectivity index (χ4n) is 2.70. The molecule has 1 N–H and O–H groups in total. The molecule has 26 heavy (non-hydrogen) atoms. The molecular weight excluding hydrogens is 352 g/mol. The number of aromatic nitrogens is 1. The van der Waals surface area contributed by atoms with Crippen molar-refractivity contribution in [3.05, 3.63) is 77.1 Å². The van der Waals surface area contributed by atoms with Gasteiger partial charge in [0.2, 0.25) is 0 Å². The van der Waals surface area contributed by atoms with E-state index in [1.165, 1.54) is 7.11 Å². The lowest BCUT2D eigenvalue weighted by Gasteiger charge is -2.15. The minimum atomic E-state index is -0.300. The second kappa shape index (κ2) is 8.08. The van der Waals surface area contributed by atoms with Crippen LogP contribution in [0.15, 0.2) is 60.9 Å². The Morgan fingerprint density at radius 2 is 1.85 bits per heavy atom. The summed E-state index contributed by atoms with van der Waals surface area (Å²) in [5, 5.41) is 3.36. The zero-order valence-electron chi connectivity index (χ0n) is 14.5. The number of rotatable bonds is 6. The Morgan fingerprint density at radius 1 is 1.12 bits per heavy atom. The number of amides is 1. The Labute approximate surface area is 157 Å². The highest BCUT2D eigenvalue weighted by atomic mass is 35.5. The molecule has 0 bridgehead atoms. The number of anilines is 1. The molecule has 0 fully saturated rings. The first kappa shape index (κ1) is 18.0. The highest BCUT2D eigenvalue weighted by Gasteiger charge is 2.17. The number of carbonyl (C=O) groups is 1. The average Bonchev–Trinajstić information content (AvgIpc) is 3.17. The van der Waals surface area contributed by atoms with E-state index >= 15 is 0 Å². The van der Waals surface area contributed by atoms with E-state index in [9.17, 15) is 4.79 Å². The van der Waals surface area contributed by atoms with E-state index in [1.54, 1.807) is 19.2 Å². The van der Waals surface area contributed by atoms with Gasteiger partial charge in [-0.15, -0.1) is 0 Å². The molecule has 5 nitrogen and oxygen atoms in total. The number of ether oxygens (including phenoxy) is 2. The van der Waals surface area contributed by atoms with Gasteiger partial charge in [-0.25, -0.2) is 0 Å². The Bertz CT molecular complexity index is 907. The Hall–Kier alpha value is -2.76. The lowest BCUT2D eigenvalue weighted by molar-refractivity contribution is 0.102. The van der Waals surface area contributed by atoms with Crippen LogP contribution < -0.4 is 10.1 Å². The van der Waals surface area contributed by atoms with Crippen molar-refractivity contribution in [3.8, 4) is 11.4 Å². The number of para-hydroxylation sites is 1. The lowest BCUT2D eigenvalue weighted by atomic mass is 10.1.